The fourth-order valence-corrected chi connectivity index (χ4v) is 3.01. The van der Waals surface area contributed by atoms with E-state index in [1.807, 2.05) is 48.5 Å². The largest absolute Gasteiger partial charge is 0.368 e. The van der Waals surface area contributed by atoms with Crippen molar-refractivity contribution in [2.75, 3.05) is 18.0 Å². The second-order valence-corrected chi connectivity index (χ2v) is 5.57. The van der Waals surface area contributed by atoms with Crippen LogP contribution in [0.25, 0.3) is 0 Å². The molecule has 0 fully saturated rings. The van der Waals surface area contributed by atoms with Gasteiger partial charge in [-0.05, 0) is 23.6 Å². The summed E-state index contributed by atoms with van der Waals surface area (Å²) in [5.74, 6) is -0.765. The van der Waals surface area contributed by atoms with Gasteiger partial charge in [-0.3, -0.25) is 9.59 Å². The molecule has 2 aromatic rings. The molecule has 1 heterocycles. The van der Waals surface area contributed by atoms with E-state index in [1.54, 1.807) is 0 Å². The van der Waals surface area contributed by atoms with Crippen LogP contribution in [0.2, 0.25) is 0 Å². The van der Waals surface area contributed by atoms with Crippen LogP contribution in [0.5, 0.6) is 0 Å². The molecular formula is C18H19N3O2. The molecule has 0 aromatic heterocycles. The Morgan fingerprint density at radius 3 is 2.52 bits per heavy atom. The molecule has 23 heavy (non-hydrogen) atoms. The van der Waals surface area contributed by atoms with Crippen LogP contribution in [-0.2, 0) is 16.0 Å². The molecule has 0 aliphatic carbocycles. The molecule has 0 saturated carbocycles. The first-order chi connectivity index (χ1) is 11.2. The van der Waals surface area contributed by atoms with E-state index in [0.717, 1.165) is 24.2 Å². The number of carbonyl (C=O) groups is 2. The first-order valence-corrected chi connectivity index (χ1v) is 7.62. The molecule has 0 unspecified atom stereocenters. The number of para-hydroxylation sites is 1. The summed E-state index contributed by atoms with van der Waals surface area (Å²) in [5.41, 5.74) is 8.33. The molecule has 2 aromatic carbocycles. The van der Waals surface area contributed by atoms with Crippen LogP contribution in [0.3, 0.4) is 0 Å². The van der Waals surface area contributed by atoms with Gasteiger partial charge in [-0.1, -0.05) is 48.5 Å². The molecule has 1 aliphatic heterocycles. The summed E-state index contributed by atoms with van der Waals surface area (Å²) in [6.07, 6.45) is 0.905. The Morgan fingerprint density at radius 2 is 1.78 bits per heavy atom. The molecule has 5 heteroatoms. The van der Waals surface area contributed by atoms with Gasteiger partial charge in [0, 0.05) is 12.2 Å². The van der Waals surface area contributed by atoms with E-state index in [9.17, 15) is 9.59 Å². The highest BCUT2D eigenvalue weighted by atomic mass is 16.2. The van der Waals surface area contributed by atoms with Gasteiger partial charge in [0.15, 0.2) is 0 Å². The molecule has 2 amide bonds. The van der Waals surface area contributed by atoms with Crippen LogP contribution >= 0.6 is 0 Å². The lowest BCUT2D eigenvalue weighted by Gasteiger charge is -2.29. The monoisotopic (exact) mass is 309 g/mol. The Morgan fingerprint density at radius 1 is 1.09 bits per heavy atom. The first kappa shape index (κ1) is 15.1. The maximum Gasteiger partial charge on any atom is 0.247 e. The van der Waals surface area contributed by atoms with Crippen LogP contribution in [-0.4, -0.2) is 24.9 Å². The van der Waals surface area contributed by atoms with Gasteiger partial charge in [-0.2, -0.15) is 0 Å². The number of primary amides is 1. The zero-order valence-electron chi connectivity index (χ0n) is 12.7. The van der Waals surface area contributed by atoms with Crippen LogP contribution < -0.4 is 16.0 Å². The first-order valence-electron chi connectivity index (χ1n) is 7.62. The lowest BCUT2D eigenvalue weighted by molar-refractivity contribution is -0.125. The highest BCUT2D eigenvalue weighted by Crippen LogP contribution is 2.35. The zero-order valence-corrected chi connectivity index (χ0v) is 12.7. The third-order valence-electron chi connectivity index (χ3n) is 4.04. The quantitative estimate of drug-likeness (QED) is 0.876. The summed E-state index contributed by atoms with van der Waals surface area (Å²) >= 11 is 0. The Bertz CT molecular complexity index is 715. The van der Waals surface area contributed by atoms with Crippen molar-refractivity contribution in [3.05, 3.63) is 65.7 Å². The average Bonchev–Trinajstić information content (AvgIpc) is 2.98. The number of nitrogens with one attached hydrogen (secondary N) is 1. The number of nitrogens with zero attached hydrogens (tertiary/aromatic N) is 1. The molecule has 5 nitrogen and oxygen atoms in total. The van der Waals surface area contributed by atoms with Crippen molar-refractivity contribution in [2.24, 2.45) is 5.73 Å². The zero-order chi connectivity index (χ0) is 16.2. The molecular weight excluding hydrogens is 290 g/mol. The molecule has 0 radical (unpaired) electrons. The van der Waals surface area contributed by atoms with Gasteiger partial charge in [-0.25, -0.2) is 0 Å². The van der Waals surface area contributed by atoms with Crippen LogP contribution in [0.1, 0.15) is 17.2 Å². The fraction of sp³-hybridized carbons (Fsp3) is 0.222. The molecule has 0 saturated heterocycles. The van der Waals surface area contributed by atoms with Gasteiger partial charge in [0.25, 0.3) is 0 Å². The van der Waals surface area contributed by atoms with Crippen LogP contribution in [0.4, 0.5) is 5.69 Å². The van der Waals surface area contributed by atoms with E-state index in [4.69, 9.17) is 5.73 Å². The molecule has 0 bridgehead atoms. The minimum absolute atomic E-state index is 0.155. The summed E-state index contributed by atoms with van der Waals surface area (Å²) in [6, 6.07) is 17.2. The summed E-state index contributed by atoms with van der Waals surface area (Å²) < 4.78 is 0. The van der Waals surface area contributed by atoms with Crippen molar-refractivity contribution in [3.8, 4) is 0 Å². The predicted octanol–water partition coefficient (Wildman–Crippen LogP) is 1.39. The second-order valence-electron chi connectivity index (χ2n) is 5.57. The number of hydrogen-bond donors (Lipinski definition) is 2. The highest BCUT2D eigenvalue weighted by Gasteiger charge is 2.32. The Balaban J connectivity index is 1.93. The Kier molecular flexibility index (Phi) is 4.28. The minimum atomic E-state index is -0.549. The van der Waals surface area contributed by atoms with E-state index >= 15 is 0 Å². The normalized spacial score (nSPS) is 14.2. The van der Waals surface area contributed by atoms with Gasteiger partial charge in [0.2, 0.25) is 11.8 Å². The topological polar surface area (TPSA) is 75.4 Å². The van der Waals surface area contributed by atoms with Crippen LogP contribution in [0.15, 0.2) is 54.6 Å². The highest BCUT2D eigenvalue weighted by molar-refractivity contribution is 5.90. The maximum atomic E-state index is 12.7. The van der Waals surface area contributed by atoms with Crippen molar-refractivity contribution in [1.82, 2.24) is 5.32 Å². The molecule has 118 valence electrons. The number of rotatable bonds is 5. The molecule has 1 atom stereocenters. The van der Waals surface area contributed by atoms with E-state index in [-0.39, 0.29) is 12.5 Å². The van der Waals surface area contributed by atoms with Gasteiger partial charge in [0.05, 0.1) is 6.54 Å². The van der Waals surface area contributed by atoms with Crippen molar-refractivity contribution in [3.63, 3.8) is 0 Å². The second kappa shape index (κ2) is 6.52. The van der Waals surface area contributed by atoms with E-state index in [1.165, 1.54) is 5.56 Å². The Labute approximate surface area is 135 Å². The molecule has 0 spiro atoms. The third kappa shape index (κ3) is 3.18. The fourth-order valence-electron chi connectivity index (χ4n) is 3.01. The van der Waals surface area contributed by atoms with Crippen LogP contribution in [0, 0.1) is 0 Å². The summed E-state index contributed by atoms with van der Waals surface area (Å²) in [5, 5.41) is 2.63. The lowest BCUT2D eigenvalue weighted by atomic mass is 10.0. The number of fused-ring (bicyclic) bond motifs is 1. The number of benzene rings is 2. The number of carbonyl (C=O) groups excluding carboxylic acids is 2. The summed E-state index contributed by atoms with van der Waals surface area (Å²) in [7, 11) is 0. The van der Waals surface area contributed by atoms with Gasteiger partial charge < -0.3 is 16.0 Å². The average molecular weight is 309 g/mol. The molecule has 3 rings (SSSR count). The standard InChI is InChI=1S/C18H19N3O2/c19-16(22)12-20-18(23)17(14-7-2-1-3-8-14)21-11-10-13-6-4-5-9-15(13)21/h1-9,17H,10-12H2,(H2,19,22)(H,20,23)/t17-/m0/s1. The minimum Gasteiger partial charge on any atom is -0.368 e. The van der Waals surface area contributed by atoms with Gasteiger partial charge >= 0.3 is 0 Å². The van der Waals surface area contributed by atoms with E-state index < -0.39 is 11.9 Å². The predicted molar refractivity (Wildman–Crippen MR) is 88.9 cm³/mol. The molecule has 3 N–H and O–H groups in total. The Hall–Kier alpha value is -2.82. The molecule has 1 aliphatic rings. The number of amides is 2. The van der Waals surface area contributed by atoms with E-state index in [0.29, 0.717) is 0 Å². The van der Waals surface area contributed by atoms with Crippen molar-refractivity contribution in [1.29, 1.82) is 0 Å². The summed E-state index contributed by atoms with van der Waals surface area (Å²) in [6.45, 7) is 0.612. The smallest absolute Gasteiger partial charge is 0.247 e. The van der Waals surface area contributed by atoms with Crippen molar-refractivity contribution >= 4 is 17.5 Å². The SMILES string of the molecule is NC(=O)CNC(=O)[C@H](c1ccccc1)N1CCc2ccccc21. The number of hydrogen-bond acceptors (Lipinski definition) is 3. The maximum absolute atomic E-state index is 12.7. The van der Waals surface area contributed by atoms with Crippen molar-refractivity contribution < 1.29 is 9.59 Å². The number of nitrogens with two attached hydrogens (primary N) is 1. The van der Waals surface area contributed by atoms with E-state index in [2.05, 4.69) is 16.3 Å². The van der Waals surface area contributed by atoms with Crippen molar-refractivity contribution in [2.45, 2.75) is 12.5 Å². The third-order valence-corrected chi connectivity index (χ3v) is 4.04. The summed E-state index contributed by atoms with van der Waals surface area (Å²) in [4.78, 5) is 25.7. The number of anilines is 1. The van der Waals surface area contributed by atoms with Gasteiger partial charge in [0.1, 0.15) is 6.04 Å². The van der Waals surface area contributed by atoms with Gasteiger partial charge in [-0.15, -0.1) is 0 Å². The lowest BCUT2D eigenvalue weighted by Crippen LogP contribution is -2.43.